The summed E-state index contributed by atoms with van der Waals surface area (Å²) in [6.45, 7) is 1.14. The third-order valence-electron chi connectivity index (χ3n) is 4.78. The number of rotatable bonds is 6. The molecule has 1 atom stereocenters. The van der Waals surface area contributed by atoms with Crippen molar-refractivity contribution in [3.63, 3.8) is 0 Å². The molecule has 0 aliphatic carbocycles. The minimum atomic E-state index is -1.40. The van der Waals surface area contributed by atoms with Gasteiger partial charge in [0, 0.05) is 10.3 Å². The second-order valence-electron chi connectivity index (χ2n) is 6.93. The number of nitrogens with one attached hydrogen (secondary N) is 1. The number of furan rings is 1. The van der Waals surface area contributed by atoms with Gasteiger partial charge in [0.2, 0.25) is 5.91 Å². The highest BCUT2D eigenvalue weighted by Crippen LogP contribution is 2.33. The first-order chi connectivity index (χ1) is 13.8. The van der Waals surface area contributed by atoms with Crippen LogP contribution in [0.15, 0.2) is 46.9 Å². The van der Waals surface area contributed by atoms with Gasteiger partial charge < -0.3 is 15.5 Å². The maximum atomic E-state index is 13.0. The number of amides is 4. The van der Waals surface area contributed by atoms with Gasteiger partial charge in [-0.1, -0.05) is 18.2 Å². The minimum Gasteiger partial charge on any atom is -0.458 e. The number of carbonyl (C=O) groups is 4. The summed E-state index contributed by atoms with van der Waals surface area (Å²) in [6.07, 6.45) is 0.0329. The van der Waals surface area contributed by atoms with E-state index in [9.17, 15) is 19.2 Å². The number of urea groups is 1. The lowest BCUT2D eigenvalue weighted by Gasteiger charge is -2.18. The van der Waals surface area contributed by atoms with Crippen molar-refractivity contribution in [3.05, 3.63) is 58.0 Å². The van der Waals surface area contributed by atoms with Gasteiger partial charge in [-0.2, -0.15) is 0 Å². The number of ketones is 1. The smallest absolute Gasteiger partial charge is 0.325 e. The minimum absolute atomic E-state index is 0.0329. The van der Waals surface area contributed by atoms with Crippen molar-refractivity contribution in [3.8, 4) is 0 Å². The predicted octanol–water partition coefficient (Wildman–Crippen LogP) is 2.17. The summed E-state index contributed by atoms with van der Waals surface area (Å²) in [5.74, 6) is -1.17. The van der Waals surface area contributed by atoms with Gasteiger partial charge >= 0.3 is 6.03 Å². The number of nitrogens with zero attached hydrogens (tertiary/aromatic N) is 1. The Bertz CT molecular complexity index is 1130. The third kappa shape index (κ3) is 3.29. The largest absolute Gasteiger partial charge is 0.458 e. The zero-order valence-corrected chi connectivity index (χ0v) is 16.2. The number of benzene rings is 1. The first-order valence-corrected chi connectivity index (χ1v) is 9.63. The molecule has 1 saturated heterocycles. The average Bonchev–Trinajstić information content (AvgIpc) is 3.35. The molecule has 8 nitrogen and oxygen atoms in total. The SMILES string of the molecule is C[C@]1(c2cc3ccccc3o2)NC(=O)N(CC(=O)c2ccc(CC(N)=O)s2)C1=O. The highest BCUT2D eigenvalue weighted by Gasteiger charge is 2.51. The molecule has 0 saturated carbocycles. The fourth-order valence-electron chi connectivity index (χ4n) is 3.25. The second kappa shape index (κ2) is 6.85. The molecule has 1 aliphatic heterocycles. The topological polar surface area (TPSA) is 123 Å². The van der Waals surface area contributed by atoms with Crippen LogP contribution in [0.3, 0.4) is 0 Å². The molecule has 0 bridgehead atoms. The summed E-state index contributed by atoms with van der Waals surface area (Å²) in [4.78, 5) is 50.9. The summed E-state index contributed by atoms with van der Waals surface area (Å²) in [5, 5.41) is 3.44. The average molecular weight is 411 g/mol. The van der Waals surface area contributed by atoms with Crippen molar-refractivity contribution in [2.45, 2.75) is 18.9 Å². The van der Waals surface area contributed by atoms with E-state index < -0.39 is 35.7 Å². The molecule has 9 heteroatoms. The Labute approximate surface area is 169 Å². The van der Waals surface area contributed by atoms with Crippen LogP contribution in [0, 0.1) is 0 Å². The normalized spacial score (nSPS) is 19.0. The van der Waals surface area contributed by atoms with Crippen LogP contribution in [0.4, 0.5) is 4.79 Å². The Morgan fingerprint density at radius 2 is 1.97 bits per heavy atom. The monoisotopic (exact) mass is 411 g/mol. The van der Waals surface area contributed by atoms with Crippen LogP contribution in [0.2, 0.25) is 0 Å². The van der Waals surface area contributed by atoms with Crippen LogP contribution in [0.5, 0.6) is 0 Å². The van der Waals surface area contributed by atoms with E-state index in [1.165, 1.54) is 0 Å². The molecule has 3 aromatic rings. The van der Waals surface area contributed by atoms with Crippen LogP contribution in [-0.2, 0) is 21.5 Å². The molecule has 148 valence electrons. The molecule has 1 fully saturated rings. The highest BCUT2D eigenvalue weighted by atomic mass is 32.1. The molecule has 0 spiro atoms. The van der Waals surface area contributed by atoms with Crippen LogP contribution in [-0.4, -0.2) is 35.1 Å². The van der Waals surface area contributed by atoms with Gasteiger partial charge in [-0.25, -0.2) is 4.79 Å². The number of nitrogens with two attached hydrogens (primary N) is 1. The van der Waals surface area contributed by atoms with E-state index in [2.05, 4.69) is 5.32 Å². The van der Waals surface area contributed by atoms with Crippen LogP contribution in [0.25, 0.3) is 11.0 Å². The van der Waals surface area contributed by atoms with Gasteiger partial charge in [0.05, 0.1) is 17.8 Å². The third-order valence-corrected chi connectivity index (χ3v) is 5.91. The number of primary amides is 1. The van der Waals surface area contributed by atoms with Crippen molar-refractivity contribution in [1.29, 1.82) is 0 Å². The van der Waals surface area contributed by atoms with E-state index >= 15 is 0 Å². The van der Waals surface area contributed by atoms with Crippen molar-refractivity contribution >= 4 is 45.9 Å². The van der Waals surface area contributed by atoms with Gasteiger partial charge in [0.15, 0.2) is 11.3 Å². The van der Waals surface area contributed by atoms with E-state index in [1.54, 1.807) is 31.2 Å². The number of para-hydroxylation sites is 1. The number of hydrogen-bond acceptors (Lipinski definition) is 6. The second-order valence-corrected chi connectivity index (χ2v) is 8.10. The van der Waals surface area contributed by atoms with Gasteiger partial charge in [-0.3, -0.25) is 19.3 Å². The Hall–Kier alpha value is -3.46. The van der Waals surface area contributed by atoms with Gasteiger partial charge in [-0.05, 0) is 31.2 Å². The molecule has 1 aliphatic rings. The van der Waals surface area contributed by atoms with E-state index in [4.69, 9.17) is 10.2 Å². The standard InChI is InChI=1S/C20H17N3O5S/c1-20(16-8-11-4-2-3-5-14(11)28-16)18(26)23(19(27)22-20)10-13(24)15-7-6-12(29-15)9-17(21)25/h2-8H,9-10H2,1H3,(H2,21,25)(H,22,27)/t20-/m1/s1. The van der Waals surface area contributed by atoms with Crippen LogP contribution in [0.1, 0.15) is 27.2 Å². The number of Topliss-reactive ketones (excluding diaryl/α,β-unsaturated/α-hetero) is 1. The number of carbonyl (C=O) groups excluding carboxylic acids is 4. The quantitative estimate of drug-likeness (QED) is 0.475. The van der Waals surface area contributed by atoms with Gasteiger partial charge in [0.25, 0.3) is 5.91 Å². The summed E-state index contributed by atoms with van der Waals surface area (Å²) in [6, 6.07) is 11.5. The fraction of sp³-hybridized carbons (Fsp3) is 0.200. The Morgan fingerprint density at radius 1 is 1.21 bits per heavy atom. The van der Waals surface area contributed by atoms with E-state index in [-0.39, 0.29) is 6.42 Å². The van der Waals surface area contributed by atoms with Crippen molar-refractivity contribution in [1.82, 2.24) is 10.2 Å². The summed E-state index contributed by atoms with van der Waals surface area (Å²) in [7, 11) is 0. The molecule has 1 aromatic carbocycles. The van der Waals surface area contributed by atoms with Crippen LogP contribution >= 0.6 is 11.3 Å². The first kappa shape index (κ1) is 18.9. The molecular formula is C20H17N3O5S. The van der Waals surface area contributed by atoms with Crippen molar-refractivity contribution < 1.29 is 23.6 Å². The predicted molar refractivity (Wildman–Crippen MR) is 105 cm³/mol. The Kier molecular flexibility index (Phi) is 4.46. The molecular weight excluding hydrogens is 394 g/mol. The summed E-state index contributed by atoms with van der Waals surface area (Å²) < 4.78 is 5.76. The maximum absolute atomic E-state index is 13.0. The molecule has 4 rings (SSSR count). The number of fused-ring (bicyclic) bond motifs is 1. The van der Waals surface area contributed by atoms with Gasteiger partial charge in [0.1, 0.15) is 11.3 Å². The lowest BCUT2D eigenvalue weighted by molar-refractivity contribution is -0.131. The Balaban J connectivity index is 1.55. The van der Waals surface area contributed by atoms with E-state index in [1.807, 2.05) is 18.2 Å². The summed E-state index contributed by atoms with van der Waals surface area (Å²) in [5.41, 5.74) is 4.36. The fourth-order valence-corrected chi connectivity index (χ4v) is 4.20. The lowest BCUT2D eigenvalue weighted by atomic mass is 9.99. The lowest BCUT2D eigenvalue weighted by Crippen LogP contribution is -2.41. The molecule has 3 N–H and O–H groups in total. The highest BCUT2D eigenvalue weighted by molar-refractivity contribution is 7.14. The number of thiophene rings is 1. The Morgan fingerprint density at radius 3 is 2.69 bits per heavy atom. The molecule has 4 amide bonds. The number of imide groups is 1. The van der Waals surface area contributed by atoms with Crippen LogP contribution < -0.4 is 11.1 Å². The first-order valence-electron chi connectivity index (χ1n) is 8.81. The van der Waals surface area contributed by atoms with E-state index in [0.717, 1.165) is 21.6 Å². The maximum Gasteiger partial charge on any atom is 0.325 e. The van der Waals surface area contributed by atoms with E-state index in [0.29, 0.717) is 21.1 Å². The van der Waals surface area contributed by atoms with Crippen molar-refractivity contribution in [2.75, 3.05) is 6.54 Å². The van der Waals surface area contributed by atoms with Gasteiger partial charge in [-0.15, -0.1) is 11.3 Å². The zero-order valence-electron chi connectivity index (χ0n) is 15.4. The molecule has 0 unspecified atom stereocenters. The molecule has 29 heavy (non-hydrogen) atoms. The summed E-state index contributed by atoms with van der Waals surface area (Å²) >= 11 is 1.12. The molecule has 2 aromatic heterocycles. The molecule has 3 heterocycles. The zero-order chi connectivity index (χ0) is 20.8. The molecule has 0 radical (unpaired) electrons. The van der Waals surface area contributed by atoms with Crippen molar-refractivity contribution in [2.24, 2.45) is 5.73 Å². The number of hydrogen-bond donors (Lipinski definition) is 2.